The van der Waals surface area contributed by atoms with Gasteiger partial charge in [0.2, 0.25) is 0 Å². The van der Waals surface area contributed by atoms with Crippen LogP contribution in [0.4, 0.5) is 17.6 Å². The molecule has 0 fully saturated rings. The van der Waals surface area contributed by atoms with Crippen LogP contribution in [0.5, 0.6) is 0 Å². The molecule has 0 saturated carbocycles. The number of benzene rings is 3. The van der Waals surface area contributed by atoms with Crippen molar-refractivity contribution in [2.75, 3.05) is 0 Å². The smallest absolute Gasteiger partial charge is 0.211 e. The fourth-order valence-corrected chi connectivity index (χ4v) is 3.93. The molecule has 3 aromatic carbocycles. The lowest BCUT2D eigenvalue weighted by molar-refractivity contribution is -0.141. The van der Waals surface area contributed by atoms with Crippen molar-refractivity contribution in [1.82, 2.24) is 19.7 Å². The summed E-state index contributed by atoms with van der Waals surface area (Å²) >= 11 is 0. The maximum atomic E-state index is 13.9. The van der Waals surface area contributed by atoms with Gasteiger partial charge < -0.3 is 0 Å². The van der Waals surface area contributed by atoms with E-state index in [1.54, 1.807) is 0 Å². The van der Waals surface area contributed by atoms with E-state index >= 15 is 0 Å². The monoisotopic (exact) mass is 488 g/mol. The molecule has 0 aliphatic heterocycles. The first-order chi connectivity index (χ1) is 17.2. The second-order valence-corrected chi connectivity index (χ2v) is 8.51. The Morgan fingerprint density at radius 2 is 1.31 bits per heavy atom. The summed E-state index contributed by atoms with van der Waals surface area (Å²) < 4.78 is 56.3. The molecule has 36 heavy (non-hydrogen) atoms. The lowest BCUT2D eigenvalue weighted by atomic mass is 10.1. The van der Waals surface area contributed by atoms with E-state index in [4.69, 9.17) is 0 Å². The fourth-order valence-electron chi connectivity index (χ4n) is 3.93. The van der Waals surface area contributed by atoms with Gasteiger partial charge in [-0.3, -0.25) is 0 Å². The molecule has 0 radical (unpaired) electrons. The molecule has 2 heterocycles. The van der Waals surface area contributed by atoms with E-state index in [1.165, 1.54) is 28.9 Å². The van der Waals surface area contributed by atoms with Crippen molar-refractivity contribution in [2.24, 2.45) is 0 Å². The summed E-state index contributed by atoms with van der Waals surface area (Å²) in [7, 11) is 0. The highest BCUT2D eigenvalue weighted by Crippen LogP contribution is 2.33. The zero-order valence-corrected chi connectivity index (χ0v) is 19.4. The normalized spacial score (nSPS) is 11.6. The first kappa shape index (κ1) is 23.4. The third kappa shape index (κ3) is 4.75. The third-order valence-corrected chi connectivity index (χ3v) is 5.67. The molecule has 0 amide bonds. The maximum Gasteiger partial charge on any atom is 0.433 e. The third-order valence-electron chi connectivity index (χ3n) is 5.67. The minimum absolute atomic E-state index is 0.00937. The van der Waals surface area contributed by atoms with E-state index in [9.17, 15) is 17.6 Å². The Kier molecular flexibility index (Phi) is 5.88. The van der Waals surface area contributed by atoms with Gasteiger partial charge in [0.1, 0.15) is 5.82 Å². The highest BCUT2D eigenvalue weighted by molar-refractivity contribution is 5.71. The molecule has 5 aromatic rings. The van der Waals surface area contributed by atoms with Crippen LogP contribution >= 0.6 is 0 Å². The highest BCUT2D eigenvalue weighted by atomic mass is 19.4. The fraction of sp³-hybridized carbons (Fsp3) is 0.107. The Balaban J connectivity index is 1.76. The van der Waals surface area contributed by atoms with Gasteiger partial charge >= 0.3 is 6.18 Å². The predicted octanol–water partition coefficient (Wildman–Crippen LogP) is 7.44. The van der Waals surface area contributed by atoms with Gasteiger partial charge in [-0.1, -0.05) is 47.5 Å². The number of alkyl halides is 3. The Hall–Kier alpha value is -4.33. The van der Waals surface area contributed by atoms with Crippen LogP contribution in [0.15, 0.2) is 84.9 Å². The molecule has 0 bridgehead atoms. The molecule has 4 nitrogen and oxygen atoms in total. The van der Waals surface area contributed by atoms with E-state index in [-0.39, 0.29) is 11.6 Å². The van der Waals surface area contributed by atoms with Crippen molar-refractivity contribution in [2.45, 2.75) is 20.0 Å². The summed E-state index contributed by atoms with van der Waals surface area (Å²) in [5, 5.41) is 4.63. The zero-order chi connectivity index (χ0) is 25.4. The molecule has 0 unspecified atom stereocenters. The van der Waals surface area contributed by atoms with Crippen LogP contribution in [0.25, 0.3) is 39.7 Å². The van der Waals surface area contributed by atoms with Crippen molar-refractivity contribution >= 4 is 0 Å². The minimum atomic E-state index is -4.72. The summed E-state index contributed by atoms with van der Waals surface area (Å²) in [5.74, 6) is -0.736. The summed E-state index contributed by atoms with van der Waals surface area (Å²) in [5.41, 5.74) is 3.90. The molecular weight excluding hydrogens is 468 g/mol. The van der Waals surface area contributed by atoms with Gasteiger partial charge in [-0.2, -0.15) is 23.0 Å². The number of halogens is 4. The SMILES string of the molecule is Cc1cccc(-c2cc(-c3cccc(C)c3)n(-c3nc(-c4ccc(F)cc4)cc(C(F)(F)F)n3)n2)c1. The molecule has 0 aliphatic rings. The van der Waals surface area contributed by atoms with Crippen LogP contribution in [0.1, 0.15) is 16.8 Å². The van der Waals surface area contributed by atoms with Gasteiger partial charge in [-0.05, 0) is 62.4 Å². The summed E-state index contributed by atoms with van der Waals surface area (Å²) in [6.07, 6.45) is -4.72. The Bertz CT molecular complexity index is 1550. The molecule has 0 aliphatic carbocycles. The molecule has 0 saturated heterocycles. The van der Waals surface area contributed by atoms with Crippen LogP contribution in [-0.2, 0) is 6.18 Å². The number of nitrogens with zero attached hydrogens (tertiary/aromatic N) is 4. The largest absolute Gasteiger partial charge is 0.433 e. The van der Waals surface area contributed by atoms with E-state index in [2.05, 4.69) is 15.1 Å². The van der Waals surface area contributed by atoms with Crippen molar-refractivity contribution < 1.29 is 17.6 Å². The van der Waals surface area contributed by atoms with Crippen LogP contribution in [0, 0.1) is 19.7 Å². The van der Waals surface area contributed by atoms with Crippen molar-refractivity contribution in [1.29, 1.82) is 0 Å². The standard InChI is InChI=1S/C28H20F4N4/c1-17-5-3-7-20(13-17)24-15-25(21-8-4-6-18(2)14-21)36(35-24)27-33-23(16-26(34-27)28(30,31)32)19-9-11-22(29)12-10-19/h3-16H,1-2H3. The number of hydrogen-bond acceptors (Lipinski definition) is 3. The van der Waals surface area contributed by atoms with Gasteiger partial charge in [0.25, 0.3) is 5.95 Å². The molecule has 0 spiro atoms. The van der Waals surface area contributed by atoms with Gasteiger partial charge in [0.05, 0.1) is 17.1 Å². The van der Waals surface area contributed by atoms with E-state index in [0.29, 0.717) is 17.0 Å². The van der Waals surface area contributed by atoms with Gasteiger partial charge in [-0.15, -0.1) is 0 Å². The van der Waals surface area contributed by atoms with Crippen molar-refractivity contribution in [3.8, 4) is 39.7 Å². The number of aryl methyl sites for hydroxylation is 2. The number of hydrogen-bond donors (Lipinski definition) is 0. The Morgan fingerprint density at radius 3 is 1.94 bits per heavy atom. The van der Waals surface area contributed by atoms with Gasteiger partial charge in [0, 0.05) is 16.7 Å². The lowest BCUT2D eigenvalue weighted by Gasteiger charge is -2.12. The van der Waals surface area contributed by atoms with Crippen LogP contribution in [0.2, 0.25) is 0 Å². The zero-order valence-electron chi connectivity index (χ0n) is 19.4. The molecular formula is C28H20F4N4. The first-order valence-electron chi connectivity index (χ1n) is 11.1. The minimum Gasteiger partial charge on any atom is -0.211 e. The molecule has 180 valence electrons. The van der Waals surface area contributed by atoms with E-state index < -0.39 is 17.7 Å². The van der Waals surface area contributed by atoms with Crippen molar-refractivity contribution in [3.63, 3.8) is 0 Å². The van der Waals surface area contributed by atoms with Crippen LogP contribution < -0.4 is 0 Å². The second kappa shape index (κ2) is 9.03. The van der Waals surface area contributed by atoms with Crippen LogP contribution in [0.3, 0.4) is 0 Å². The molecule has 0 N–H and O–H groups in total. The quantitative estimate of drug-likeness (QED) is 0.247. The summed E-state index contributed by atoms with van der Waals surface area (Å²) in [4.78, 5) is 8.26. The summed E-state index contributed by atoms with van der Waals surface area (Å²) in [6, 6.07) is 23.0. The summed E-state index contributed by atoms with van der Waals surface area (Å²) in [6.45, 7) is 3.88. The molecule has 2 aromatic heterocycles. The Morgan fingerprint density at radius 1 is 0.667 bits per heavy atom. The van der Waals surface area contributed by atoms with Gasteiger partial charge in [-0.25, -0.2) is 14.4 Å². The highest BCUT2D eigenvalue weighted by Gasteiger charge is 2.34. The molecule has 8 heteroatoms. The van der Waals surface area contributed by atoms with Gasteiger partial charge in [0.15, 0.2) is 5.69 Å². The second-order valence-electron chi connectivity index (χ2n) is 8.51. The maximum absolute atomic E-state index is 13.9. The average molecular weight is 488 g/mol. The van der Waals surface area contributed by atoms with E-state index in [1.807, 2.05) is 68.4 Å². The average Bonchev–Trinajstić information content (AvgIpc) is 3.29. The lowest BCUT2D eigenvalue weighted by Crippen LogP contribution is -2.14. The molecule has 0 atom stereocenters. The first-order valence-corrected chi connectivity index (χ1v) is 11.1. The predicted molar refractivity (Wildman–Crippen MR) is 130 cm³/mol. The van der Waals surface area contributed by atoms with Crippen LogP contribution in [-0.4, -0.2) is 19.7 Å². The Labute approximate surface area is 204 Å². The number of aromatic nitrogens is 4. The molecule has 5 rings (SSSR count). The van der Waals surface area contributed by atoms with Crippen molar-refractivity contribution in [3.05, 3.63) is 108 Å². The topological polar surface area (TPSA) is 43.6 Å². The van der Waals surface area contributed by atoms with E-state index in [0.717, 1.165) is 28.3 Å². The number of rotatable bonds is 4.